The van der Waals surface area contributed by atoms with Crippen LogP contribution >= 0.6 is 0 Å². The van der Waals surface area contributed by atoms with Gasteiger partial charge in [0.05, 0.1) is 6.54 Å². The Morgan fingerprint density at radius 2 is 1.73 bits per heavy atom. The van der Waals surface area contributed by atoms with E-state index >= 15 is 0 Å². The van der Waals surface area contributed by atoms with E-state index in [2.05, 4.69) is 43.1 Å². The lowest BCUT2D eigenvalue weighted by molar-refractivity contribution is 0.212. The highest BCUT2D eigenvalue weighted by Gasteiger charge is 2.16. The van der Waals surface area contributed by atoms with Crippen LogP contribution in [0.15, 0.2) is 0 Å². The first kappa shape index (κ1) is 12.8. The first-order valence-corrected chi connectivity index (χ1v) is 9.69. The molecule has 1 rings (SSSR count). The van der Waals surface area contributed by atoms with E-state index in [1.54, 1.807) is 0 Å². The molecule has 15 heavy (non-hydrogen) atoms. The molecule has 0 spiro atoms. The summed E-state index contributed by atoms with van der Waals surface area (Å²) < 4.78 is 0. The standard InChI is InChI=1S/C13H25NSi/c1-14(11-8-12-15(2,3)4)13-9-6-5-7-10-13/h13H,5-7,9-11H2,1-4H3. The Balaban J connectivity index is 2.33. The average molecular weight is 223 g/mol. The molecule has 86 valence electrons. The molecule has 0 aromatic carbocycles. The van der Waals surface area contributed by atoms with Gasteiger partial charge in [-0.1, -0.05) is 44.8 Å². The Morgan fingerprint density at radius 1 is 1.13 bits per heavy atom. The van der Waals surface area contributed by atoms with E-state index in [9.17, 15) is 0 Å². The van der Waals surface area contributed by atoms with Crippen LogP contribution in [0.5, 0.6) is 0 Å². The largest absolute Gasteiger partial charge is 0.292 e. The van der Waals surface area contributed by atoms with Crippen molar-refractivity contribution < 1.29 is 0 Å². The average Bonchev–Trinajstić information content (AvgIpc) is 2.17. The Morgan fingerprint density at radius 3 is 2.27 bits per heavy atom. The molecule has 0 aliphatic heterocycles. The lowest BCUT2D eigenvalue weighted by atomic mass is 9.94. The summed E-state index contributed by atoms with van der Waals surface area (Å²) in [7, 11) is 1.07. The summed E-state index contributed by atoms with van der Waals surface area (Å²) >= 11 is 0. The summed E-state index contributed by atoms with van der Waals surface area (Å²) in [4.78, 5) is 2.45. The van der Waals surface area contributed by atoms with Crippen molar-refractivity contribution in [1.29, 1.82) is 0 Å². The molecule has 0 atom stereocenters. The van der Waals surface area contributed by atoms with Crippen LogP contribution in [0.1, 0.15) is 32.1 Å². The van der Waals surface area contributed by atoms with Crippen LogP contribution in [0.25, 0.3) is 0 Å². The van der Waals surface area contributed by atoms with Gasteiger partial charge in [-0.15, -0.1) is 5.54 Å². The zero-order valence-corrected chi connectivity index (χ0v) is 11.8. The van der Waals surface area contributed by atoms with Crippen LogP contribution < -0.4 is 0 Å². The molecule has 1 fully saturated rings. The molecule has 0 amide bonds. The van der Waals surface area contributed by atoms with E-state index in [4.69, 9.17) is 0 Å². The van der Waals surface area contributed by atoms with E-state index in [0.29, 0.717) is 0 Å². The maximum absolute atomic E-state index is 3.44. The van der Waals surface area contributed by atoms with E-state index < -0.39 is 8.07 Å². The molecule has 2 heteroatoms. The molecule has 0 heterocycles. The highest BCUT2D eigenvalue weighted by molar-refractivity contribution is 6.83. The number of hydrogen-bond acceptors (Lipinski definition) is 1. The smallest absolute Gasteiger partial charge is 0.129 e. The molecule has 0 aromatic heterocycles. The minimum absolute atomic E-state index is 0.801. The van der Waals surface area contributed by atoms with Crippen molar-refractivity contribution in [3.63, 3.8) is 0 Å². The normalized spacial score (nSPS) is 18.7. The highest BCUT2D eigenvalue weighted by atomic mass is 28.3. The van der Waals surface area contributed by atoms with E-state index in [1.165, 1.54) is 32.1 Å². The van der Waals surface area contributed by atoms with Crippen molar-refractivity contribution in [2.24, 2.45) is 0 Å². The second-order valence-electron chi connectivity index (χ2n) is 5.76. The van der Waals surface area contributed by atoms with Gasteiger partial charge in [-0.3, -0.25) is 4.90 Å². The number of hydrogen-bond donors (Lipinski definition) is 0. The van der Waals surface area contributed by atoms with Gasteiger partial charge >= 0.3 is 0 Å². The van der Waals surface area contributed by atoms with Crippen molar-refractivity contribution in [3.05, 3.63) is 0 Å². The molecule has 0 radical (unpaired) electrons. The quantitative estimate of drug-likeness (QED) is 0.513. The highest BCUT2D eigenvalue weighted by Crippen LogP contribution is 2.21. The van der Waals surface area contributed by atoms with E-state index in [1.807, 2.05) is 0 Å². The van der Waals surface area contributed by atoms with Crippen molar-refractivity contribution in [2.45, 2.75) is 57.8 Å². The van der Waals surface area contributed by atoms with Gasteiger partial charge in [0.15, 0.2) is 0 Å². The molecule has 0 bridgehead atoms. The summed E-state index contributed by atoms with van der Waals surface area (Å²) in [5.74, 6) is 3.36. The zero-order chi connectivity index (χ0) is 11.3. The maximum atomic E-state index is 3.44. The monoisotopic (exact) mass is 223 g/mol. The van der Waals surface area contributed by atoms with Crippen LogP contribution in [-0.2, 0) is 0 Å². The molecular formula is C13H25NSi. The molecule has 0 saturated heterocycles. The summed E-state index contributed by atoms with van der Waals surface area (Å²) in [6.07, 6.45) is 7.02. The van der Waals surface area contributed by atoms with E-state index in [0.717, 1.165) is 12.6 Å². The lowest BCUT2D eigenvalue weighted by Crippen LogP contribution is -2.33. The Labute approximate surface area is 96.3 Å². The molecule has 1 aliphatic rings. The fourth-order valence-corrected chi connectivity index (χ4v) is 2.69. The summed E-state index contributed by atoms with van der Waals surface area (Å²) in [5.41, 5.74) is 3.44. The van der Waals surface area contributed by atoms with E-state index in [-0.39, 0.29) is 0 Å². The predicted octanol–water partition coefficient (Wildman–Crippen LogP) is 3.13. The van der Waals surface area contributed by atoms with Gasteiger partial charge in [-0.05, 0) is 19.9 Å². The summed E-state index contributed by atoms with van der Waals surface area (Å²) in [6, 6.07) is 0.801. The first-order valence-electron chi connectivity index (χ1n) is 6.19. The number of rotatable bonds is 2. The molecule has 1 saturated carbocycles. The predicted molar refractivity (Wildman–Crippen MR) is 70.6 cm³/mol. The Hall–Kier alpha value is -0.263. The minimum Gasteiger partial charge on any atom is -0.292 e. The molecule has 0 aromatic rings. The molecular weight excluding hydrogens is 198 g/mol. The third kappa shape index (κ3) is 5.39. The van der Waals surface area contributed by atoms with Gasteiger partial charge in [0.25, 0.3) is 0 Å². The third-order valence-corrected chi connectivity index (χ3v) is 3.92. The van der Waals surface area contributed by atoms with Crippen LogP contribution in [-0.4, -0.2) is 32.6 Å². The molecule has 1 nitrogen and oxygen atoms in total. The second kappa shape index (κ2) is 5.72. The molecule has 0 N–H and O–H groups in total. The van der Waals surface area contributed by atoms with Crippen molar-refractivity contribution in [2.75, 3.05) is 13.6 Å². The van der Waals surface area contributed by atoms with Crippen LogP contribution in [0, 0.1) is 11.5 Å². The second-order valence-corrected chi connectivity index (χ2v) is 10.5. The van der Waals surface area contributed by atoms with Crippen LogP contribution in [0.2, 0.25) is 19.6 Å². The SMILES string of the molecule is CN(CC#C[Si](C)(C)C)C1CCCCC1. The van der Waals surface area contributed by atoms with Gasteiger partial charge in [-0.25, -0.2) is 0 Å². The van der Waals surface area contributed by atoms with Gasteiger partial charge in [0.2, 0.25) is 0 Å². The first-order chi connectivity index (χ1) is 6.99. The summed E-state index contributed by atoms with van der Waals surface area (Å²) in [5, 5.41) is 0. The Bertz CT molecular complexity index is 237. The Kier molecular flexibility index (Phi) is 4.88. The lowest BCUT2D eigenvalue weighted by Gasteiger charge is -2.29. The molecule has 1 aliphatic carbocycles. The van der Waals surface area contributed by atoms with Crippen LogP contribution in [0.4, 0.5) is 0 Å². The topological polar surface area (TPSA) is 3.24 Å². The van der Waals surface area contributed by atoms with Crippen molar-refractivity contribution in [3.8, 4) is 11.5 Å². The zero-order valence-electron chi connectivity index (χ0n) is 10.8. The van der Waals surface area contributed by atoms with Gasteiger partial charge in [0.1, 0.15) is 8.07 Å². The third-order valence-electron chi connectivity index (χ3n) is 2.99. The fraction of sp³-hybridized carbons (Fsp3) is 0.846. The maximum Gasteiger partial charge on any atom is 0.129 e. The number of nitrogens with zero attached hydrogens (tertiary/aromatic N) is 1. The van der Waals surface area contributed by atoms with Crippen LogP contribution in [0.3, 0.4) is 0 Å². The van der Waals surface area contributed by atoms with Crippen molar-refractivity contribution in [1.82, 2.24) is 4.90 Å². The fourth-order valence-electron chi connectivity index (χ4n) is 2.08. The van der Waals surface area contributed by atoms with Gasteiger partial charge < -0.3 is 0 Å². The molecule has 0 unspecified atom stereocenters. The van der Waals surface area contributed by atoms with Gasteiger partial charge in [0, 0.05) is 6.04 Å². The van der Waals surface area contributed by atoms with Gasteiger partial charge in [-0.2, -0.15) is 0 Å². The summed E-state index contributed by atoms with van der Waals surface area (Å²) in [6.45, 7) is 7.89. The minimum atomic E-state index is -1.16. The van der Waals surface area contributed by atoms with Crippen molar-refractivity contribution >= 4 is 8.07 Å².